The zero-order valence-electron chi connectivity index (χ0n) is 14.1. The summed E-state index contributed by atoms with van der Waals surface area (Å²) in [5.41, 5.74) is 0. The van der Waals surface area contributed by atoms with Crippen LogP contribution in [0.5, 0.6) is 0 Å². The second kappa shape index (κ2) is 8.14. The number of hydrogen-bond acceptors (Lipinski definition) is 3. The second-order valence-corrected chi connectivity index (χ2v) is 6.56. The fourth-order valence-electron chi connectivity index (χ4n) is 3.42. The fourth-order valence-corrected chi connectivity index (χ4v) is 3.42. The Balaban J connectivity index is 1.88. The monoisotopic (exact) mass is 295 g/mol. The number of carbonyl (C=O) groups excluding carboxylic acids is 1. The summed E-state index contributed by atoms with van der Waals surface area (Å²) in [6.45, 7) is 9.66. The van der Waals surface area contributed by atoms with E-state index < -0.39 is 0 Å². The Morgan fingerprint density at radius 1 is 1.19 bits per heavy atom. The van der Waals surface area contributed by atoms with E-state index in [0.29, 0.717) is 5.91 Å². The van der Waals surface area contributed by atoms with Gasteiger partial charge >= 0.3 is 0 Å². The lowest BCUT2D eigenvalue weighted by Crippen LogP contribution is -2.42. The summed E-state index contributed by atoms with van der Waals surface area (Å²) in [5.74, 6) is 0.341. The molecule has 122 valence electrons. The van der Waals surface area contributed by atoms with Gasteiger partial charge in [0.05, 0.1) is 12.2 Å². The molecule has 4 heteroatoms. The van der Waals surface area contributed by atoms with Crippen molar-refractivity contribution in [3.8, 4) is 0 Å². The summed E-state index contributed by atoms with van der Waals surface area (Å²) in [6.07, 6.45) is 8.45. The van der Waals surface area contributed by atoms with Crippen LogP contribution in [0.4, 0.5) is 0 Å². The molecule has 0 radical (unpaired) electrons. The predicted octanol–water partition coefficient (Wildman–Crippen LogP) is 2.59. The molecule has 1 N–H and O–H groups in total. The molecule has 21 heavy (non-hydrogen) atoms. The molecule has 0 bridgehead atoms. The first-order valence-electron chi connectivity index (χ1n) is 9.01. The van der Waals surface area contributed by atoms with E-state index in [1.807, 2.05) is 0 Å². The van der Waals surface area contributed by atoms with Gasteiger partial charge in [0.25, 0.3) is 0 Å². The highest BCUT2D eigenvalue weighted by Crippen LogP contribution is 2.26. The Labute approximate surface area is 130 Å². The van der Waals surface area contributed by atoms with Crippen LogP contribution in [0.2, 0.25) is 0 Å². The quantitative estimate of drug-likeness (QED) is 0.673. The van der Waals surface area contributed by atoms with Crippen LogP contribution < -0.4 is 5.32 Å². The summed E-state index contributed by atoms with van der Waals surface area (Å²) in [6, 6.07) is 0.860. The van der Waals surface area contributed by atoms with Crippen LogP contribution in [0.25, 0.3) is 0 Å². The summed E-state index contributed by atoms with van der Waals surface area (Å²) < 4.78 is 0. The van der Waals surface area contributed by atoms with Gasteiger partial charge in [-0.05, 0) is 32.2 Å². The Morgan fingerprint density at radius 2 is 1.95 bits per heavy atom. The molecule has 1 saturated carbocycles. The first-order chi connectivity index (χ1) is 10.2. The lowest BCUT2D eigenvalue weighted by Gasteiger charge is -2.28. The lowest BCUT2D eigenvalue weighted by atomic mass is 10.1. The van der Waals surface area contributed by atoms with E-state index in [1.165, 1.54) is 12.8 Å². The van der Waals surface area contributed by atoms with Crippen molar-refractivity contribution in [1.82, 2.24) is 15.1 Å². The minimum atomic E-state index is 0.0671. The smallest absolute Gasteiger partial charge is 0.241 e. The molecule has 0 aromatic carbocycles. The van der Waals surface area contributed by atoms with Crippen molar-refractivity contribution in [2.45, 2.75) is 84.0 Å². The molecule has 1 heterocycles. The van der Waals surface area contributed by atoms with E-state index in [-0.39, 0.29) is 12.2 Å². The molecule has 2 fully saturated rings. The van der Waals surface area contributed by atoms with E-state index in [2.05, 4.69) is 35.9 Å². The van der Waals surface area contributed by atoms with Gasteiger partial charge in [-0.3, -0.25) is 15.0 Å². The van der Waals surface area contributed by atoms with Crippen LogP contribution in [0.1, 0.15) is 65.7 Å². The molecule has 1 amide bonds. The molecule has 4 nitrogen and oxygen atoms in total. The number of nitrogens with zero attached hydrogens (tertiary/aromatic N) is 2. The maximum Gasteiger partial charge on any atom is 0.241 e. The molecule has 0 aromatic rings. The number of nitrogens with one attached hydrogen (secondary N) is 1. The number of rotatable bonds is 10. The third kappa shape index (κ3) is 4.43. The average molecular weight is 295 g/mol. The maximum absolute atomic E-state index is 12.6. The molecule has 2 unspecified atom stereocenters. The fraction of sp³-hybridized carbons (Fsp3) is 0.941. The normalized spacial score (nSPS) is 26.1. The molecule has 2 rings (SSSR count). The zero-order valence-corrected chi connectivity index (χ0v) is 14.1. The Morgan fingerprint density at radius 3 is 2.52 bits per heavy atom. The highest BCUT2D eigenvalue weighted by Gasteiger charge is 2.38. The van der Waals surface area contributed by atoms with Gasteiger partial charge in [0.2, 0.25) is 5.91 Å². The van der Waals surface area contributed by atoms with Crippen molar-refractivity contribution in [3.05, 3.63) is 0 Å². The minimum Gasteiger partial charge on any atom is -0.325 e. The summed E-state index contributed by atoms with van der Waals surface area (Å²) in [4.78, 5) is 17.3. The van der Waals surface area contributed by atoms with Gasteiger partial charge in [-0.25, -0.2) is 0 Å². The Hall–Kier alpha value is -0.610. The molecule has 1 saturated heterocycles. The summed E-state index contributed by atoms with van der Waals surface area (Å²) in [7, 11) is 0. The van der Waals surface area contributed by atoms with Crippen LogP contribution in [0.3, 0.4) is 0 Å². The molecule has 2 atom stereocenters. The van der Waals surface area contributed by atoms with E-state index in [9.17, 15) is 4.79 Å². The van der Waals surface area contributed by atoms with Gasteiger partial charge in [-0.15, -0.1) is 0 Å². The zero-order chi connectivity index (χ0) is 15.2. The predicted molar refractivity (Wildman–Crippen MR) is 87.1 cm³/mol. The highest BCUT2D eigenvalue weighted by molar-refractivity contribution is 5.84. The van der Waals surface area contributed by atoms with E-state index >= 15 is 0 Å². The van der Waals surface area contributed by atoms with E-state index in [4.69, 9.17) is 0 Å². The first-order valence-corrected chi connectivity index (χ1v) is 9.01. The van der Waals surface area contributed by atoms with Crippen LogP contribution in [-0.2, 0) is 4.79 Å². The van der Waals surface area contributed by atoms with Crippen molar-refractivity contribution in [2.75, 3.05) is 19.6 Å². The first kappa shape index (κ1) is 16.8. The van der Waals surface area contributed by atoms with Gasteiger partial charge in [0.1, 0.15) is 0 Å². The molecule has 0 spiro atoms. The number of carbonyl (C=O) groups is 1. The second-order valence-electron chi connectivity index (χ2n) is 6.56. The standard InChI is InChI=1S/C17H33N3O/c1-4-7-9-15-17(21)20(16(18-15)8-5-2)13-12-19(6-3)14-10-11-14/h14-16,18H,4-13H2,1-3H3. The molecule has 2 aliphatic rings. The number of amides is 1. The van der Waals surface area contributed by atoms with Gasteiger partial charge < -0.3 is 4.90 Å². The van der Waals surface area contributed by atoms with Crippen molar-refractivity contribution in [2.24, 2.45) is 0 Å². The third-order valence-electron chi connectivity index (χ3n) is 4.86. The molecule has 0 aromatic heterocycles. The number of likely N-dealkylation sites (N-methyl/N-ethyl adjacent to an activating group) is 1. The third-order valence-corrected chi connectivity index (χ3v) is 4.86. The molecule has 1 aliphatic carbocycles. The summed E-state index contributed by atoms with van der Waals surface area (Å²) in [5, 5.41) is 3.57. The van der Waals surface area contributed by atoms with E-state index in [0.717, 1.165) is 57.8 Å². The van der Waals surface area contributed by atoms with Crippen molar-refractivity contribution in [1.29, 1.82) is 0 Å². The van der Waals surface area contributed by atoms with Crippen molar-refractivity contribution >= 4 is 5.91 Å². The van der Waals surface area contributed by atoms with Crippen LogP contribution in [-0.4, -0.2) is 53.6 Å². The van der Waals surface area contributed by atoms with Gasteiger partial charge in [0.15, 0.2) is 0 Å². The Bertz CT molecular complexity index is 330. The van der Waals surface area contributed by atoms with Gasteiger partial charge in [-0.1, -0.05) is 40.0 Å². The largest absolute Gasteiger partial charge is 0.325 e. The van der Waals surface area contributed by atoms with Gasteiger partial charge in [-0.2, -0.15) is 0 Å². The molecular formula is C17H33N3O. The molecular weight excluding hydrogens is 262 g/mol. The molecule has 1 aliphatic heterocycles. The van der Waals surface area contributed by atoms with Gasteiger partial charge in [0, 0.05) is 19.1 Å². The van der Waals surface area contributed by atoms with Crippen molar-refractivity contribution < 1.29 is 4.79 Å². The number of hydrogen-bond donors (Lipinski definition) is 1. The topological polar surface area (TPSA) is 35.6 Å². The van der Waals surface area contributed by atoms with Crippen LogP contribution in [0, 0.1) is 0 Å². The average Bonchev–Trinajstić information content (AvgIpc) is 3.27. The minimum absolute atomic E-state index is 0.0671. The Kier molecular flexibility index (Phi) is 6.49. The highest BCUT2D eigenvalue weighted by atomic mass is 16.2. The van der Waals surface area contributed by atoms with E-state index in [1.54, 1.807) is 0 Å². The van der Waals surface area contributed by atoms with Crippen LogP contribution >= 0.6 is 0 Å². The summed E-state index contributed by atoms with van der Waals surface area (Å²) >= 11 is 0. The SMILES string of the molecule is CCCCC1NC(CCC)N(CCN(CC)C2CC2)C1=O. The lowest BCUT2D eigenvalue weighted by molar-refractivity contribution is -0.130. The number of unbranched alkanes of at least 4 members (excludes halogenated alkanes) is 1. The van der Waals surface area contributed by atoms with Crippen LogP contribution in [0.15, 0.2) is 0 Å². The van der Waals surface area contributed by atoms with Crippen molar-refractivity contribution in [3.63, 3.8) is 0 Å². The maximum atomic E-state index is 12.6.